The summed E-state index contributed by atoms with van der Waals surface area (Å²) in [5.74, 6) is 1.35. The minimum Gasteiger partial charge on any atom is -0.492 e. The summed E-state index contributed by atoms with van der Waals surface area (Å²) in [5, 5.41) is 4.19. The van der Waals surface area contributed by atoms with E-state index < -0.39 is 6.04 Å². The largest absolute Gasteiger partial charge is 0.492 e. The standard InChI is InChI=1S/C28H34N6O4/c35-25-4-3-23(26(36)31-25)34-16-20-11-22-24(12-21(20)17-38-34)37-18-28(22)5-9-32(10-6-28)15-19-13-29-27(30-14-19)33-7-1-2-8-33/h11-14,23H,1-10,15-18H2,(H,31,35,36). The number of benzene rings is 1. The maximum atomic E-state index is 12.4. The molecule has 1 aromatic carbocycles. The molecule has 3 saturated heterocycles. The Bertz CT molecular complexity index is 1240. The zero-order valence-electron chi connectivity index (χ0n) is 21.7. The second-order valence-electron chi connectivity index (χ2n) is 11.4. The fourth-order valence-corrected chi connectivity index (χ4v) is 6.62. The summed E-state index contributed by atoms with van der Waals surface area (Å²) in [5.41, 5.74) is 4.77. The molecule has 1 aromatic heterocycles. The predicted molar refractivity (Wildman–Crippen MR) is 138 cm³/mol. The zero-order valence-corrected chi connectivity index (χ0v) is 21.7. The molecular weight excluding hydrogens is 484 g/mol. The fraction of sp³-hybridized carbons (Fsp3) is 0.571. The van der Waals surface area contributed by atoms with Crippen molar-refractivity contribution in [2.45, 2.75) is 69.7 Å². The van der Waals surface area contributed by atoms with Crippen LogP contribution in [0.15, 0.2) is 24.5 Å². The number of hydroxylamine groups is 2. The Morgan fingerprint density at radius 2 is 1.82 bits per heavy atom. The fourth-order valence-electron chi connectivity index (χ4n) is 6.62. The van der Waals surface area contributed by atoms with E-state index in [-0.39, 0.29) is 17.2 Å². The molecule has 5 aliphatic heterocycles. The topological polar surface area (TPSA) is 100 Å². The van der Waals surface area contributed by atoms with E-state index in [1.165, 1.54) is 24.0 Å². The first-order valence-electron chi connectivity index (χ1n) is 13.9. The van der Waals surface area contributed by atoms with Crippen molar-refractivity contribution in [2.24, 2.45) is 0 Å². The number of imide groups is 1. The van der Waals surface area contributed by atoms with Crippen LogP contribution in [-0.2, 0) is 39.5 Å². The summed E-state index contributed by atoms with van der Waals surface area (Å²) in [6, 6.07) is 3.99. The summed E-state index contributed by atoms with van der Waals surface area (Å²) in [4.78, 5) is 43.9. The first kappa shape index (κ1) is 24.0. The summed E-state index contributed by atoms with van der Waals surface area (Å²) in [6.45, 7) is 6.63. The number of carbonyl (C=O) groups is 2. The van der Waals surface area contributed by atoms with Crippen molar-refractivity contribution in [3.63, 3.8) is 0 Å². The lowest BCUT2D eigenvalue weighted by Crippen LogP contribution is -2.52. The lowest BCUT2D eigenvalue weighted by Gasteiger charge is -2.39. The summed E-state index contributed by atoms with van der Waals surface area (Å²) in [7, 11) is 0. The number of nitrogens with zero attached hydrogens (tertiary/aromatic N) is 5. The van der Waals surface area contributed by atoms with Crippen LogP contribution in [0.1, 0.15) is 60.8 Å². The molecule has 0 radical (unpaired) electrons. The number of rotatable bonds is 4. The highest BCUT2D eigenvalue weighted by atomic mass is 16.7. The third-order valence-electron chi connectivity index (χ3n) is 8.95. The monoisotopic (exact) mass is 518 g/mol. The van der Waals surface area contributed by atoms with Crippen LogP contribution in [-0.4, -0.2) is 70.6 Å². The summed E-state index contributed by atoms with van der Waals surface area (Å²) < 4.78 is 6.23. The Labute approximate surface area is 222 Å². The lowest BCUT2D eigenvalue weighted by molar-refractivity contribution is -0.216. The molecule has 1 spiro atoms. The van der Waals surface area contributed by atoms with Gasteiger partial charge in [0.2, 0.25) is 17.8 Å². The molecule has 2 aromatic rings. The second kappa shape index (κ2) is 9.59. The van der Waals surface area contributed by atoms with Crippen LogP contribution in [0.5, 0.6) is 5.75 Å². The average Bonchev–Trinajstić information content (AvgIpc) is 3.58. The van der Waals surface area contributed by atoms with Gasteiger partial charge in [0.1, 0.15) is 11.8 Å². The molecule has 10 heteroatoms. The Morgan fingerprint density at radius 1 is 1.03 bits per heavy atom. The minimum atomic E-state index is -0.434. The molecule has 1 unspecified atom stereocenters. The highest BCUT2D eigenvalue weighted by Gasteiger charge is 2.44. The number of ether oxygens (including phenoxy) is 1. The van der Waals surface area contributed by atoms with Gasteiger partial charge < -0.3 is 9.64 Å². The van der Waals surface area contributed by atoms with Crippen LogP contribution in [0.4, 0.5) is 5.95 Å². The van der Waals surface area contributed by atoms with Crippen LogP contribution in [0, 0.1) is 0 Å². The van der Waals surface area contributed by atoms with Crippen LogP contribution in [0.2, 0.25) is 0 Å². The second-order valence-corrected chi connectivity index (χ2v) is 11.4. The van der Waals surface area contributed by atoms with Crippen molar-refractivity contribution in [3.05, 3.63) is 46.8 Å². The van der Waals surface area contributed by atoms with E-state index in [1.54, 1.807) is 5.06 Å². The first-order chi connectivity index (χ1) is 18.6. The maximum absolute atomic E-state index is 12.4. The number of likely N-dealkylation sites (tertiary alicyclic amines) is 1. The van der Waals surface area contributed by atoms with E-state index in [2.05, 4.69) is 37.2 Å². The molecule has 5 aliphatic rings. The Hall–Kier alpha value is -3.08. The molecule has 0 aliphatic carbocycles. The lowest BCUT2D eigenvalue weighted by atomic mass is 9.73. The van der Waals surface area contributed by atoms with Gasteiger partial charge in [-0.1, -0.05) is 0 Å². The van der Waals surface area contributed by atoms with Crippen molar-refractivity contribution in [3.8, 4) is 5.75 Å². The Balaban J connectivity index is 1.02. The van der Waals surface area contributed by atoms with Crippen molar-refractivity contribution in [1.29, 1.82) is 0 Å². The molecule has 6 heterocycles. The number of hydrogen-bond donors (Lipinski definition) is 1. The molecule has 38 heavy (non-hydrogen) atoms. The first-order valence-corrected chi connectivity index (χ1v) is 13.9. The molecule has 7 rings (SSSR count). The summed E-state index contributed by atoms with van der Waals surface area (Å²) in [6.07, 6.45) is 9.33. The normalized spacial score (nSPS) is 25.3. The van der Waals surface area contributed by atoms with Gasteiger partial charge in [-0.15, -0.1) is 0 Å². The number of anilines is 1. The molecule has 3 fully saturated rings. The van der Waals surface area contributed by atoms with E-state index in [9.17, 15) is 9.59 Å². The average molecular weight is 519 g/mol. The van der Waals surface area contributed by atoms with Crippen molar-refractivity contribution < 1.29 is 19.2 Å². The number of amides is 2. The van der Waals surface area contributed by atoms with Crippen molar-refractivity contribution >= 4 is 17.8 Å². The van der Waals surface area contributed by atoms with Gasteiger partial charge in [0, 0.05) is 55.0 Å². The van der Waals surface area contributed by atoms with Gasteiger partial charge in [0.25, 0.3) is 0 Å². The van der Waals surface area contributed by atoms with Crippen LogP contribution in [0.3, 0.4) is 0 Å². The minimum absolute atomic E-state index is 0.0226. The van der Waals surface area contributed by atoms with Crippen LogP contribution in [0.25, 0.3) is 0 Å². The number of aromatic nitrogens is 2. The zero-order chi connectivity index (χ0) is 25.7. The summed E-state index contributed by atoms with van der Waals surface area (Å²) >= 11 is 0. The number of carbonyl (C=O) groups excluding carboxylic acids is 2. The van der Waals surface area contributed by atoms with Gasteiger partial charge in [0.15, 0.2) is 0 Å². The predicted octanol–water partition coefficient (Wildman–Crippen LogP) is 2.06. The third-order valence-corrected chi connectivity index (χ3v) is 8.95. The van der Waals surface area contributed by atoms with E-state index >= 15 is 0 Å². The van der Waals surface area contributed by atoms with Crippen LogP contribution < -0.4 is 15.0 Å². The number of piperidine rings is 2. The van der Waals surface area contributed by atoms with E-state index in [1.807, 2.05) is 12.4 Å². The maximum Gasteiger partial charge on any atom is 0.246 e. The highest BCUT2D eigenvalue weighted by molar-refractivity contribution is 6.00. The Morgan fingerprint density at radius 3 is 2.58 bits per heavy atom. The number of nitrogens with one attached hydrogen (secondary N) is 1. The molecule has 0 bridgehead atoms. The van der Waals surface area contributed by atoms with Gasteiger partial charge in [-0.05, 0) is 68.5 Å². The number of fused-ring (bicyclic) bond motifs is 3. The van der Waals surface area contributed by atoms with Gasteiger partial charge in [0.05, 0.1) is 19.8 Å². The smallest absolute Gasteiger partial charge is 0.246 e. The SMILES string of the molecule is O=C1CCC(N2Cc3cc4c(cc3CO2)OCC42CCN(Cc3cnc(N4CCCC4)nc3)CC2)C(=O)N1. The van der Waals surface area contributed by atoms with E-state index in [0.29, 0.717) is 32.6 Å². The van der Waals surface area contributed by atoms with Gasteiger partial charge in [-0.25, -0.2) is 9.97 Å². The molecule has 10 nitrogen and oxygen atoms in total. The third kappa shape index (κ3) is 4.34. The van der Waals surface area contributed by atoms with E-state index in [0.717, 1.165) is 68.4 Å². The highest BCUT2D eigenvalue weighted by Crippen LogP contribution is 2.47. The van der Waals surface area contributed by atoms with Crippen molar-refractivity contribution in [1.82, 2.24) is 25.2 Å². The molecule has 0 saturated carbocycles. The molecule has 1 N–H and O–H groups in total. The van der Waals surface area contributed by atoms with Crippen LogP contribution >= 0.6 is 0 Å². The van der Waals surface area contributed by atoms with Gasteiger partial charge in [-0.2, -0.15) is 5.06 Å². The Kier molecular flexibility index (Phi) is 6.05. The van der Waals surface area contributed by atoms with Gasteiger partial charge >= 0.3 is 0 Å². The van der Waals surface area contributed by atoms with Gasteiger partial charge in [-0.3, -0.25) is 24.6 Å². The molecule has 1 atom stereocenters. The number of hydrogen-bond acceptors (Lipinski definition) is 9. The van der Waals surface area contributed by atoms with E-state index in [4.69, 9.17) is 9.57 Å². The molecule has 2 amide bonds. The van der Waals surface area contributed by atoms with Crippen molar-refractivity contribution in [2.75, 3.05) is 37.7 Å². The quantitative estimate of drug-likeness (QED) is 0.610. The molecule has 200 valence electrons. The molecular formula is C28H34N6O4.